The predicted molar refractivity (Wildman–Crippen MR) is 156 cm³/mol. The van der Waals surface area contributed by atoms with Gasteiger partial charge in [0.15, 0.2) is 5.82 Å². The number of amides is 1. The van der Waals surface area contributed by atoms with Gasteiger partial charge in [-0.25, -0.2) is 4.79 Å². The molecule has 2 aliphatic rings. The highest BCUT2D eigenvalue weighted by Gasteiger charge is 2.35. The fourth-order valence-electron chi connectivity index (χ4n) is 5.22. The molecule has 2 aromatic carbocycles. The number of halogens is 2. The predicted octanol–water partition coefficient (Wildman–Crippen LogP) is 3.83. The number of rotatable bonds is 6. The van der Waals surface area contributed by atoms with E-state index in [1.165, 1.54) is 5.56 Å². The molecule has 4 aromatic rings. The van der Waals surface area contributed by atoms with E-state index in [0.717, 1.165) is 28.2 Å². The van der Waals surface area contributed by atoms with Crippen LogP contribution in [0.2, 0.25) is 5.02 Å². The number of hydrogen-bond acceptors (Lipinski definition) is 6. The summed E-state index contributed by atoms with van der Waals surface area (Å²) in [6, 6.07) is 14.1. The van der Waals surface area contributed by atoms with E-state index in [1.807, 2.05) is 24.3 Å². The van der Waals surface area contributed by atoms with Crippen LogP contribution in [0.1, 0.15) is 29.3 Å². The third-order valence-corrected chi connectivity index (χ3v) is 7.71. The smallest absolute Gasteiger partial charge is 0.416 e. The van der Waals surface area contributed by atoms with Gasteiger partial charge in [-0.15, -0.1) is 11.6 Å². The molecule has 9 nitrogen and oxygen atoms in total. The van der Waals surface area contributed by atoms with Crippen LogP contribution in [0.4, 0.5) is 16.3 Å². The Hall–Kier alpha value is -4.08. The Bertz CT molecular complexity index is 1640. The Labute approximate surface area is 240 Å². The van der Waals surface area contributed by atoms with Gasteiger partial charge in [0.05, 0.1) is 23.8 Å². The number of anilines is 2. The molecule has 0 fully saturated rings. The number of benzene rings is 2. The van der Waals surface area contributed by atoms with Gasteiger partial charge in [0.25, 0.3) is 0 Å². The van der Waals surface area contributed by atoms with Gasteiger partial charge in [0.2, 0.25) is 0 Å². The maximum atomic E-state index is 13.5. The van der Waals surface area contributed by atoms with Crippen LogP contribution in [0.3, 0.4) is 0 Å². The first-order valence-corrected chi connectivity index (χ1v) is 13.8. The van der Waals surface area contributed by atoms with E-state index in [4.69, 9.17) is 44.1 Å². The van der Waals surface area contributed by atoms with Crippen molar-refractivity contribution in [3.8, 4) is 11.5 Å². The third-order valence-electron chi connectivity index (χ3n) is 7.15. The minimum atomic E-state index is -0.438. The van der Waals surface area contributed by atoms with Gasteiger partial charge in [0, 0.05) is 27.8 Å². The molecule has 0 saturated carbocycles. The molecule has 40 heavy (non-hydrogen) atoms. The molecule has 5 N–H and O–H groups in total. The second-order valence-corrected chi connectivity index (χ2v) is 10.8. The summed E-state index contributed by atoms with van der Waals surface area (Å²) in [5.41, 5.74) is 15.0. The third kappa shape index (κ3) is 5.22. The Balaban J connectivity index is 1.27. The minimum Gasteiger partial charge on any atom is -0.492 e. The summed E-state index contributed by atoms with van der Waals surface area (Å²) in [4.78, 5) is 18.8. The fourth-order valence-corrected chi connectivity index (χ4v) is 5.56. The van der Waals surface area contributed by atoms with E-state index in [9.17, 15) is 4.79 Å². The van der Waals surface area contributed by atoms with Crippen LogP contribution >= 0.6 is 23.2 Å². The lowest BCUT2D eigenvalue weighted by Gasteiger charge is -2.35. The SMILES string of the molecule is Nc1cn(CCOc2ccc(C3c4[nH]c5c(c4CCN3C(=O)Oc3ccc(Cl)cc3)=CC(Cl)CC=5)cc2)nc1N. The van der Waals surface area contributed by atoms with Gasteiger partial charge in [-0.05, 0) is 60.4 Å². The molecule has 2 unspecified atom stereocenters. The number of fused-ring (bicyclic) bond motifs is 3. The van der Waals surface area contributed by atoms with Gasteiger partial charge in [0.1, 0.15) is 24.1 Å². The molecule has 0 radical (unpaired) electrons. The van der Waals surface area contributed by atoms with Crippen molar-refractivity contribution >= 4 is 53.0 Å². The quantitative estimate of drug-likeness (QED) is 0.299. The van der Waals surface area contributed by atoms with Crippen molar-refractivity contribution in [3.63, 3.8) is 0 Å². The second kappa shape index (κ2) is 10.8. The van der Waals surface area contributed by atoms with Crippen LogP contribution in [-0.2, 0) is 13.0 Å². The van der Waals surface area contributed by atoms with E-state index in [-0.39, 0.29) is 11.4 Å². The summed E-state index contributed by atoms with van der Waals surface area (Å²) in [5.74, 6) is 1.43. The van der Waals surface area contributed by atoms with E-state index < -0.39 is 6.09 Å². The Morgan fingerprint density at radius 1 is 1.10 bits per heavy atom. The van der Waals surface area contributed by atoms with E-state index in [2.05, 4.69) is 22.2 Å². The zero-order valence-electron chi connectivity index (χ0n) is 21.5. The van der Waals surface area contributed by atoms with E-state index >= 15 is 0 Å². The lowest BCUT2D eigenvalue weighted by molar-refractivity contribution is 0.135. The molecule has 0 saturated heterocycles. The van der Waals surface area contributed by atoms with Gasteiger partial charge >= 0.3 is 6.09 Å². The van der Waals surface area contributed by atoms with Crippen LogP contribution in [0.15, 0.2) is 54.7 Å². The highest BCUT2D eigenvalue weighted by atomic mass is 35.5. The van der Waals surface area contributed by atoms with Crippen molar-refractivity contribution in [1.29, 1.82) is 0 Å². The average molecular weight is 579 g/mol. The van der Waals surface area contributed by atoms with Crippen molar-refractivity contribution in [2.75, 3.05) is 24.6 Å². The molecule has 11 heteroatoms. The zero-order chi connectivity index (χ0) is 27.8. The molecule has 1 aliphatic carbocycles. The number of nitrogens with one attached hydrogen (secondary N) is 1. The molecule has 206 valence electrons. The standard InChI is InChI=1S/C29H28Cl2N6O3/c30-18-3-8-21(9-4-18)40-29(38)37-12-11-22-23-15-19(31)5-10-25(23)34-26(22)27(37)17-1-6-20(7-2-17)39-14-13-36-16-24(32)28(33)35-36/h1-4,6-10,15-16,19,27,34H,5,11-14,32H2,(H2,33,35). The lowest BCUT2D eigenvalue weighted by atomic mass is 9.92. The number of aromatic amines is 1. The number of nitrogen functional groups attached to an aromatic ring is 2. The highest BCUT2D eigenvalue weighted by Crippen LogP contribution is 2.34. The highest BCUT2D eigenvalue weighted by molar-refractivity contribution is 6.30. The summed E-state index contributed by atoms with van der Waals surface area (Å²) in [5, 5.41) is 6.83. The van der Waals surface area contributed by atoms with Crippen molar-refractivity contribution in [1.82, 2.24) is 19.7 Å². The molecule has 0 bridgehead atoms. The Morgan fingerprint density at radius 3 is 2.58 bits per heavy atom. The normalized spacial score (nSPS) is 17.8. The molecule has 2 aromatic heterocycles. The van der Waals surface area contributed by atoms with E-state index in [1.54, 1.807) is 40.0 Å². The number of carbonyl (C=O) groups excluding carboxylic acids is 1. The largest absolute Gasteiger partial charge is 0.492 e. The fraction of sp³-hybridized carbons (Fsp3) is 0.241. The average Bonchev–Trinajstić information content (AvgIpc) is 3.48. The van der Waals surface area contributed by atoms with Gasteiger partial charge in [-0.1, -0.05) is 35.9 Å². The first kappa shape index (κ1) is 26.2. The summed E-state index contributed by atoms with van der Waals surface area (Å²) in [7, 11) is 0. The van der Waals surface area contributed by atoms with E-state index in [0.29, 0.717) is 54.1 Å². The van der Waals surface area contributed by atoms with Crippen LogP contribution in [0, 0.1) is 0 Å². The molecule has 1 amide bonds. The van der Waals surface area contributed by atoms with Crippen molar-refractivity contribution in [2.45, 2.75) is 30.8 Å². The minimum absolute atomic E-state index is 0.0511. The number of ether oxygens (including phenoxy) is 2. The second-order valence-electron chi connectivity index (χ2n) is 9.79. The summed E-state index contributed by atoms with van der Waals surface area (Å²) in [6.45, 7) is 1.38. The lowest BCUT2D eigenvalue weighted by Crippen LogP contribution is -2.43. The van der Waals surface area contributed by atoms with Crippen LogP contribution in [-0.4, -0.2) is 44.3 Å². The molecule has 1 aliphatic heterocycles. The van der Waals surface area contributed by atoms with Gasteiger partial charge in [-0.3, -0.25) is 9.58 Å². The maximum Gasteiger partial charge on any atom is 0.416 e. The van der Waals surface area contributed by atoms with Crippen molar-refractivity contribution in [3.05, 3.63) is 87.1 Å². The number of aromatic nitrogens is 3. The summed E-state index contributed by atoms with van der Waals surface area (Å²) in [6.07, 6.45) is 6.90. The number of H-pyrrole nitrogens is 1. The molecule has 6 rings (SSSR count). The van der Waals surface area contributed by atoms with Crippen LogP contribution in [0.25, 0.3) is 12.2 Å². The summed E-state index contributed by atoms with van der Waals surface area (Å²) >= 11 is 12.5. The first-order chi connectivity index (χ1) is 19.4. The molecular formula is C29H28Cl2N6O3. The maximum absolute atomic E-state index is 13.5. The number of carbonyl (C=O) groups is 1. The monoisotopic (exact) mass is 578 g/mol. The van der Waals surface area contributed by atoms with Crippen LogP contribution < -0.4 is 31.5 Å². The van der Waals surface area contributed by atoms with Gasteiger partial charge in [-0.2, -0.15) is 5.10 Å². The van der Waals surface area contributed by atoms with Crippen molar-refractivity contribution < 1.29 is 14.3 Å². The number of nitrogens with zero attached hydrogens (tertiary/aromatic N) is 3. The molecular weight excluding hydrogens is 551 g/mol. The topological polar surface area (TPSA) is 124 Å². The number of nitrogens with two attached hydrogens (primary N) is 2. The van der Waals surface area contributed by atoms with Crippen LogP contribution in [0.5, 0.6) is 11.5 Å². The molecule has 0 spiro atoms. The number of hydrogen-bond donors (Lipinski definition) is 3. The summed E-state index contributed by atoms with van der Waals surface area (Å²) < 4.78 is 13.3. The Morgan fingerprint density at radius 2 is 1.85 bits per heavy atom. The molecule has 3 heterocycles. The zero-order valence-corrected chi connectivity index (χ0v) is 23.0. The van der Waals surface area contributed by atoms with Crippen molar-refractivity contribution in [2.24, 2.45) is 0 Å². The molecule has 2 atom stereocenters. The Kier molecular flexibility index (Phi) is 7.08. The van der Waals surface area contributed by atoms with Gasteiger partial charge < -0.3 is 25.9 Å². The number of alkyl halides is 1. The first-order valence-electron chi connectivity index (χ1n) is 13.0.